The Morgan fingerprint density at radius 2 is 1.67 bits per heavy atom. The Labute approximate surface area is 88.8 Å². The third-order valence-corrected chi connectivity index (χ3v) is 4.72. The Morgan fingerprint density at radius 3 is 2.00 bits per heavy atom. The van der Waals surface area contributed by atoms with Gasteiger partial charge in [-0.3, -0.25) is 0 Å². The highest BCUT2D eigenvalue weighted by Crippen LogP contribution is 2.31. The summed E-state index contributed by atoms with van der Waals surface area (Å²) in [5.41, 5.74) is -5.13. The molecule has 0 amide bonds. The molecule has 0 aliphatic heterocycles. The fourth-order valence-corrected chi connectivity index (χ4v) is 2.45. The number of halogens is 3. The van der Waals surface area contributed by atoms with Gasteiger partial charge in [0.25, 0.3) is 9.84 Å². The van der Waals surface area contributed by atoms with Crippen molar-refractivity contribution in [3.05, 3.63) is 0 Å². The molecule has 0 bridgehead atoms. The van der Waals surface area contributed by atoms with Gasteiger partial charge in [-0.2, -0.15) is 13.2 Å². The summed E-state index contributed by atoms with van der Waals surface area (Å²) in [6.45, 7) is 4.59. The first-order valence-corrected chi connectivity index (χ1v) is 6.49. The highest BCUT2D eigenvalue weighted by Gasteiger charge is 2.50. The Kier molecular flexibility index (Phi) is 5.09. The number of hydrogen-bond donors (Lipinski definition) is 0. The Hall–Kier alpha value is -0.260. The van der Waals surface area contributed by atoms with Gasteiger partial charge in [0.15, 0.2) is 0 Å². The summed E-state index contributed by atoms with van der Waals surface area (Å²) in [6.07, 6.45) is 2.11. The van der Waals surface area contributed by atoms with Crippen LogP contribution < -0.4 is 0 Å². The highest BCUT2D eigenvalue weighted by atomic mass is 32.2. The summed E-state index contributed by atoms with van der Waals surface area (Å²) < 4.78 is 58.6. The number of alkyl halides is 3. The zero-order chi connectivity index (χ0) is 12.3. The molecule has 0 radical (unpaired) electrons. The van der Waals surface area contributed by atoms with Crippen molar-refractivity contribution >= 4 is 9.84 Å². The van der Waals surface area contributed by atoms with Crippen LogP contribution in [0.1, 0.15) is 40.0 Å². The molecule has 92 valence electrons. The first-order valence-electron chi connectivity index (χ1n) is 4.94. The van der Waals surface area contributed by atoms with E-state index in [9.17, 15) is 21.6 Å². The van der Waals surface area contributed by atoms with E-state index in [-0.39, 0.29) is 0 Å². The minimum Gasteiger partial charge on any atom is -0.219 e. The fourth-order valence-electron chi connectivity index (χ4n) is 1.28. The van der Waals surface area contributed by atoms with E-state index in [4.69, 9.17) is 0 Å². The van der Waals surface area contributed by atoms with E-state index in [1.54, 1.807) is 6.92 Å². The van der Waals surface area contributed by atoms with Crippen LogP contribution in [0.5, 0.6) is 0 Å². The van der Waals surface area contributed by atoms with E-state index < -0.39 is 26.5 Å². The van der Waals surface area contributed by atoms with Crippen LogP contribution in [0.4, 0.5) is 13.2 Å². The first-order chi connectivity index (χ1) is 6.64. The lowest BCUT2D eigenvalue weighted by molar-refractivity contribution is -0.0448. The van der Waals surface area contributed by atoms with Gasteiger partial charge in [0, 0.05) is 0 Å². The van der Waals surface area contributed by atoms with Crippen LogP contribution in [0.3, 0.4) is 0 Å². The van der Waals surface area contributed by atoms with Crippen LogP contribution in [0.2, 0.25) is 0 Å². The standard InChI is InChI=1S/C9H17F3O2S/c1-4-5-6-7(2)8(3)15(13,14)9(10,11)12/h7-8H,4-6H2,1-3H3/t7-,8-/m1/s1. The van der Waals surface area contributed by atoms with Crippen molar-refractivity contribution in [3.8, 4) is 0 Å². The molecule has 0 saturated heterocycles. The van der Waals surface area contributed by atoms with Gasteiger partial charge in [0.1, 0.15) is 0 Å². The Morgan fingerprint density at radius 1 is 1.20 bits per heavy atom. The zero-order valence-electron chi connectivity index (χ0n) is 9.13. The average Bonchev–Trinajstić information content (AvgIpc) is 2.10. The van der Waals surface area contributed by atoms with Gasteiger partial charge >= 0.3 is 5.51 Å². The molecule has 0 aliphatic carbocycles. The van der Waals surface area contributed by atoms with Crippen molar-refractivity contribution in [2.24, 2.45) is 5.92 Å². The highest BCUT2D eigenvalue weighted by molar-refractivity contribution is 7.92. The lowest BCUT2D eigenvalue weighted by Gasteiger charge is -2.21. The molecule has 6 heteroatoms. The molecule has 0 N–H and O–H groups in total. The normalized spacial score (nSPS) is 17.5. The smallest absolute Gasteiger partial charge is 0.219 e. The summed E-state index contributed by atoms with van der Waals surface area (Å²) in [5.74, 6) is -0.462. The summed E-state index contributed by atoms with van der Waals surface area (Å²) in [6, 6.07) is 0. The molecular weight excluding hydrogens is 229 g/mol. The van der Waals surface area contributed by atoms with Gasteiger partial charge in [-0.25, -0.2) is 8.42 Å². The second-order valence-electron chi connectivity index (χ2n) is 3.82. The quantitative estimate of drug-likeness (QED) is 0.746. The second kappa shape index (κ2) is 5.18. The molecule has 0 unspecified atom stereocenters. The van der Waals surface area contributed by atoms with Crippen molar-refractivity contribution in [1.82, 2.24) is 0 Å². The second-order valence-corrected chi connectivity index (χ2v) is 6.11. The number of hydrogen-bond acceptors (Lipinski definition) is 2. The monoisotopic (exact) mass is 246 g/mol. The van der Waals surface area contributed by atoms with Crippen molar-refractivity contribution in [1.29, 1.82) is 0 Å². The van der Waals surface area contributed by atoms with E-state index in [1.165, 1.54) is 0 Å². The molecule has 0 aliphatic rings. The lowest BCUT2D eigenvalue weighted by Crippen LogP contribution is -2.36. The van der Waals surface area contributed by atoms with Crippen molar-refractivity contribution in [3.63, 3.8) is 0 Å². The number of sulfone groups is 1. The van der Waals surface area contributed by atoms with E-state index in [1.807, 2.05) is 6.92 Å². The average molecular weight is 246 g/mol. The fraction of sp³-hybridized carbons (Fsp3) is 1.00. The van der Waals surface area contributed by atoms with Gasteiger partial charge in [0.05, 0.1) is 5.25 Å². The van der Waals surface area contributed by atoms with Gasteiger partial charge in [-0.1, -0.05) is 26.7 Å². The maximum atomic E-state index is 12.2. The van der Waals surface area contributed by atoms with Crippen molar-refractivity contribution in [2.75, 3.05) is 0 Å². The van der Waals surface area contributed by atoms with E-state index >= 15 is 0 Å². The largest absolute Gasteiger partial charge is 0.497 e. The number of unbranched alkanes of at least 4 members (excludes halogenated alkanes) is 1. The summed E-state index contributed by atoms with van der Waals surface area (Å²) in [5, 5.41) is -1.36. The van der Waals surface area contributed by atoms with Crippen LogP contribution in [0, 0.1) is 5.92 Å². The van der Waals surface area contributed by atoms with E-state index in [0.717, 1.165) is 19.8 Å². The Bertz CT molecular complexity index is 282. The molecule has 2 nitrogen and oxygen atoms in total. The van der Waals surface area contributed by atoms with Crippen molar-refractivity contribution < 1.29 is 21.6 Å². The van der Waals surface area contributed by atoms with Crippen LogP contribution in [-0.2, 0) is 9.84 Å². The SMILES string of the molecule is CCCC[C@@H](C)[C@@H](C)S(=O)(=O)C(F)(F)F. The Balaban J connectivity index is 4.64. The topological polar surface area (TPSA) is 34.1 Å². The first kappa shape index (κ1) is 14.7. The van der Waals surface area contributed by atoms with Gasteiger partial charge in [0.2, 0.25) is 0 Å². The zero-order valence-corrected chi connectivity index (χ0v) is 9.95. The summed E-state index contributed by atoms with van der Waals surface area (Å²) in [4.78, 5) is 0. The molecule has 0 spiro atoms. The molecule has 0 aromatic heterocycles. The predicted molar refractivity (Wildman–Crippen MR) is 53.1 cm³/mol. The van der Waals surface area contributed by atoms with E-state index in [0.29, 0.717) is 6.42 Å². The van der Waals surface area contributed by atoms with Gasteiger partial charge in [-0.05, 0) is 19.3 Å². The minimum absolute atomic E-state index is 0.462. The molecule has 0 saturated carbocycles. The molecule has 0 heterocycles. The third-order valence-electron chi connectivity index (χ3n) is 2.63. The lowest BCUT2D eigenvalue weighted by atomic mass is 10.0. The summed E-state index contributed by atoms with van der Waals surface area (Å²) in [7, 11) is -5.01. The molecule has 2 atom stereocenters. The molecule has 15 heavy (non-hydrogen) atoms. The predicted octanol–water partition coefficient (Wildman–Crippen LogP) is 3.14. The summed E-state index contributed by atoms with van der Waals surface area (Å²) >= 11 is 0. The maximum Gasteiger partial charge on any atom is 0.497 e. The molecule has 0 fully saturated rings. The minimum atomic E-state index is -5.13. The molecular formula is C9H17F3O2S. The molecule has 0 aromatic carbocycles. The molecule has 0 aromatic rings. The third kappa shape index (κ3) is 3.66. The van der Waals surface area contributed by atoms with Crippen LogP contribution >= 0.6 is 0 Å². The van der Waals surface area contributed by atoms with Crippen molar-refractivity contribution in [2.45, 2.75) is 50.8 Å². The molecule has 0 rings (SSSR count). The van der Waals surface area contributed by atoms with Crippen LogP contribution in [0.25, 0.3) is 0 Å². The van der Waals surface area contributed by atoms with Gasteiger partial charge < -0.3 is 0 Å². The van der Waals surface area contributed by atoms with Crippen LogP contribution in [0.15, 0.2) is 0 Å². The van der Waals surface area contributed by atoms with E-state index in [2.05, 4.69) is 0 Å². The van der Waals surface area contributed by atoms with Gasteiger partial charge in [-0.15, -0.1) is 0 Å². The maximum absolute atomic E-state index is 12.2. The number of rotatable bonds is 5. The van der Waals surface area contributed by atoms with Crippen LogP contribution in [-0.4, -0.2) is 19.2 Å².